The third-order valence-electron chi connectivity index (χ3n) is 6.97. The second-order valence-electron chi connectivity index (χ2n) is 10.7. The van der Waals surface area contributed by atoms with E-state index in [9.17, 15) is 4.79 Å². The molecule has 4 aromatic carbocycles. The van der Waals surface area contributed by atoms with Crippen LogP contribution in [0.4, 0.5) is 0 Å². The molecule has 0 amide bonds. The predicted octanol–water partition coefficient (Wildman–Crippen LogP) is 5.93. The maximum absolute atomic E-state index is 12.4. The van der Waals surface area contributed by atoms with Gasteiger partial charge in [-0.15, -0.1) is 0 Å². The molecule has 4 aromatic rings. The van der Waals surface area contributed by atoms with Crippen LogP contribution in [0.1, 0.15) is 31.9 Å². The zero-order valence-corrected chi connectivity index (χ0v) is 24.0. The largest absolute Gasteiger partial charge is 0.405 e. The number of hydrogen-bond donors (Lipinski definition) is 0. The second kappa shape index (κ2) is 13.6. The number of benzene rings is 4. The average molecular weight is 539 g/mol. The normalized spacial score (nSPS) is 13.5. The lowest BCUT2D eigenvalue weighted by Crippen LogP contribution is -2.67. The summed E-state index contributed by atoms with van der Waals surface area (Å²) in [5, 5.41) is 2.16. The lowest BCUT2D eigenvalue weighted by molar-refractivity contribution is -0.136. The van der Waals surface area contributed by atoms with E-state index in [-0.39, 0.29) is 11.6 Å². The van der Waals surface area contributed by atoms with Crippen molar-refractivity contribution in [3.63, 3.8) is 0 Å². The van der Waals surface area contributed by atoms with Crippen LogP contribution in [0.15, 0.2) is 121 Å². The van der Waals surface area contributed by atoms with Crippen molar-refractivity contribution in [3.05, 3.63) is 132 Å². The second-order valence-corrected chi connectivity index (χ2v) is 15.0. The van der Waals surface area contributed by atoms with Gasteiger partial charge in [-0.1, -0.05) is 142 Å². The number of hydrogen-bond acceptors (Lipinski definition) is 4. The van der Waals surface area contributed by atoms with Crippen molar-refractivity contribution in [1.82, 2.24) is 0 Å². The molecule has 0 aromatic heterocycles. The Morgan fingerprint density at radius 3 is 1.46 bits per heavy atom. The highest BCUT2D eigenvalue weighted by atomic mass is 28.4. The highest BCUT2D eigenvalue weighted by Crippen LogP contribution is 2.37. The minimum Gasteiger partial charge on any atom is -0.405 e. The van der Waals surface area contributed by atoms with Crippen molar-refractivity contribution in [2.24, 2.45) is 0 Å². The van der Waals surface area contributed by atoms with Crippen LogP contribution in [0, 0.1) is 0 Å². The molecule has 0 N–H and O–H groups in total. The molecule has 5 heteroatoms. The summed E-state index contributed by atoms with van der Waals surface area (Å²) in [6, 6.07) is 40.8. The van der Waals surface area contributed by atoms with E-state index in [4.69, 9.17) is 13.9 Å². The summed E-state index contributed by atoms with van der Waals surface area (Å²) in [7, 11) is -2.82. The summed E-state index contributed by atoms with van der Waals surface area (Å²) in [5.41, 5.74) is 2.03. The highest BCUT2D eigenvalue weighted by molar-refractivity contribution is 6.99. The minimum atomic E-state index is -2.82. The number of ether oxygens (including phenoxy) is 2. The maximum atomic E-state index is 12.4. The van der Waals surface area contributed by atoms with Crippen LogP contribution in [0.2, 0.25) is 5.04 Å². The minimum absolute atomic E-state index is 0.193. The first-order chi connectivity index (χ1) is 18.9. The molecule has 0 aliphatic carbocycles. The van der Waals surface area contributed by atoms with Crippen molar-refractivity contribution in [2.45, 2.75) is 51.2 Å². The number of rotatable bonds is 13. The van der Waals surface area contributed by atoms with Gasteiger partial charge in [-0.05, 0) is 26.5 Å². The molecule has 4 nitrogen and oxygen atoms in total. The van der Waals surface area contributed by atoms with E-state index >= 15 is 0 Å². The molecular formula is C34H38O4Si. The Labute approximate surface area is 233 Å². The predicted molar refractivity (Wildman–Crippen MR) is 160 cm³/mol. The van der Waals surface area contributed by atoms with E-state index < -0.39 is 20.5 Å². The van der Waals surface area contributed by atoms with Gasteiger partial charge < -0.3 is 18.7 Å². The Morgan fingerprint density at radius 1 is 0.641 bits per heavy atom. The standard InChI is InChI=1S/C34H38O4Si/c1-34(2,3)39(30-20-12-6-13-21-30,31-22-14-7-15-23-31)38-27-33(37-26-29-18-10-5-11-19-29)32(24-35)36-25-28-16-8-4-9-17-28/h4-24,32-33H,25-27H2,1-3H3/t32-,33-/m0/s1. The Bertz CT molecular complexity index is 1220. The lowest BCUT2D eigenvalue weighted by Gasteiger charge is -2.44. The zero-order valence-electron chi connectivity index (χ0n) is 23.0. The fourth-order valence-corrected chi connectivity index (χ4v) is 9.55. The molecule has 0 saturated carbocycles. The van der Waals surface area contributed by atoms with Gasteiger partial charge in [-0.25, -0.2) is 0 Å². The molecule has 0 radical (unpaired) electrons. The van der Waals surface area contributed by atoms with Crippen LogP contribution < -0.4 is 10.4 Å². The molecular weight excluding hydrogens is 500 g/mol. The number of carbonyl (C=O) groups excluding carboxylic acids is 1. The van der Waals surface area contributed by atoms with Gasteiger partial charge in [0.25, 0.3) is 8.32 Å². The quantitative estimate of drug-likeness (QED) is 0.156. The Balaban J connectivity index is 1.66. The Morgan fingerprint density at radius 2 is 1.05 bits per heavy atom. The Kier molecular flexibility index (Phi) is 10.0. The summed E-state index contributed by atoms with van der Waals surface area (Å²) in [6.45, 7) is 7.61. The molecule has 39 heavy (non-hydrogen) atoms. The molecule has 4 rings (SSSR count). The van der Waals surface area contributed by atoms with Crippen LogP contribution in [0.25, 0.3) is 0 Å². The SMILES string of the molecule is CC(C)(C)[Si](OC[C@H](OCc1ccccc1)[C@H](C=O)OCc1ccccc1)(c1ccccc1)c1ccccc1. The molecule has 2 atom stereocenters. The van der Waals surface area contributed by atoms with Gasteiger partial charge in [0.1, 0.15) is 12.2 Å². The van der Waals surface area contributed by atoms with Crippen LogP contribution in [-0.2, 0) is 31.9 Å². The zero-order chi connectivity index (χ0) is 27.6. The highest BCUT2D eigenvalue weighted by Gasteiger charge is 2.50. The molecule has 202 valence electrons. The van der Waals surface area contributed by atoms with Gasteiger partial charge in [0.2, 0.25) is 0 Å². The van der Waals surface area contributed by atoms with Gasteiger partial charge in [-0.2, -0.15) is 0 Å². The molecule has 0 spiro atoms. The van der Waals surface area contributed by atoms with E-state index in [0.29, 0.717) is 13.2 Å². The number of carbonyl (C=O) groups is 1. The molecule has 0 fully saturated rings. The van der Waals surface area contributed by atoms with E-state index in [2.05, 4.69) is 69.3 Å². The van der Waals surface area contributed by atoms with Gasteiger partial charge in [0, 0.05) is 0 Å². The van der Waals surface area contributed by atoms with Crippen LogP contribution in [-0.4, -0.2) is 33.4 Å². The van der Waals surface area contributed by atoms with Crippen LogP contribution >= 0.6 is 0 Å². The summed E-state index contributed by atoms with van der Waals surface area (Å²) in [4.78, 5) is 12.4. The first kappa shape index (κ1) is 28.6. The molecule has 0 bridgehead atoms. The van der Waals surface area contributed by atoms with Crippen molar-refractivity contribution in [1.29, 1.82) is 0 Å². The average Bonchev–Trinajstić information content (AvgIpc) is 2.97. The lowest BCUT2D eigenvalue weighted by atomic mass is 10.2. The number of aldehydes is 1. The summed E-state index contributed by atoms with van der Waals surface area (Å²) in [5.74, 6) is 0. The van der Waals surface area contributed by atoms with Gasteiger partial charge in [-0.3, -0.25) is 0 Å². The fourth-order valence-electron chi connectivity index (χ4n) is 4.98. The monoisotopic (exact) mass is 538 g/mol. The third-order valence-corrected chi connectivity index (χ3v) is 12.0. The van der Waals surface area contributed by atoms with Crippen LogP contribution in [0.3, 0.4) is 0 Å². The molecule has 0 aliphatic rings. The van der Waals surface area contributed by atoms with E-state index in [1.54, 1.807) is 0 Å². The maximum Gasteiger partial charge on any atom is 0.261 e. The van der Waals surface area contributed by atoms with Crippen molar-refractivity contribution >= 4 is 25.0 Å². The van der Waals surface area contributed by atoms with Crippen molar-refractivity contribution in [2.75, 3.05) is 6.61 Å². The Hall–Kier alpha value is -3.35. The molecule has 0 aliphatic heterocycles. The topological polar surface area (TPSA) is 44.8 Å². The smallest absolute Gasteiger partial charge is 0.261 e. The van der Waals surface area contributed by atoms with Gasteiger partial charge in [0.15, 0.2) is 6.29 Å². The summed E-state index contributed by atoms with van der Waals surface area (Å²) < 4.78 is 19.6. The van der Waals surface area contributed by atoms with Gasteiger partial charge >= 0.3 is 0 Å². The fraction of sp³-hybridized carbons (Fsp3) is 0.265. The summed E-state index contributed by atoms with van der Waals surface area (Å²) >= 11 is 0. The van der Waals surface area contributed by atoms with Crippen LogP contribution in [0.5, 0.6) is 0 Å². The van der Waals surface area contributed by atoms with Crippen molar-refractivity contribution < 1.29 is 18.7 Å². The summed E-state index contributed by atoms with van der Waals surface area (Å²) in [6.07, 6.45) is -0.534. The third kappa shape index (κ3) is 7.19. The van der Waals surface area contributed by atoms with E-state index in [0.717, 1.165) is 17.4 Å². The molecule has 0 heterocycles. The first-order valence-electron chi connectivity index (χ1n) is 13.5. The van der Waals surface area contributed by atoms with Crippen molar-refractivity contribution in [3.8, 4) is 0 Å². The molecule has 0 unspecified atom stereocenters. The first-order valence-corrected chi connectivity index (χ1v) is 15.4. The van der Waals surface area contributed by atoms with E-state index in [1.165, 1.54) is 10.4 Å². The van der Waals surface area contributed by atoms with Gasteiger partial charge in [0.05, 0.1) is 19.8 Å². The van der Waals surface area contributed by atoms with E-state index in [1.807, 2.05) is 72.8 Å². The molecule has 0 saturated heterocycles.